The summed E-state index contributed by atoms with van der Waals surface area (Å²) in [4.78, 5) is 23.7. The Bertz CT molecular complexity index is 777. The van der Waals surface area contributed by atoms with Gasteiger partial charge < -0.3 is 15.1 Å². The maximum atomic E-state index is 10.8. The first-order valence-electron chi connectivity index (χ1n) is 7.76. The van der Waals surface area contributed by atoms with Crippen LogP contribution in [0.3, 0.4) is 0 Å². The van der Waals surface area contributed by atoms with E-state index in [1.54, 1.807) is 11.0 Å². The Hall–Kier alpha value is -3.14. The summed E-state index contributed by atoms with van der Waals surface area (Å²) >= 11 is 0. The van der Waals surface area contributed by atoms with Gasteiger partial charge in [-0.1, -0.05) is 12.1 Å². The Kier molecular flexibility index (Phi) is 4.57. The normalized spacial score (nSPS) is 14.2. The van der Waals surface area contributed by atoms with Gasteiger partial charge in [0.15, 0.2) is 0 Å². The summed E-state index contributed by atoms with van der Waals surface area (Å²) in [5.74, 6) is 1.29. The summed E-state index contributed by atoms with van der Waals surface area (Å²) < 4.78 is 0. The van der Waals surface area contributed by atoms with Gasteiger partial charge >= 0.3 is 0 Å². The van der Waals surface area contributed by atoms with Crippen molar-refractivity contribution in [3.05, 3.63) is 41.6 Å². The number of rotatable bonds is 4. The quantitative estimate of drug-likeness (QED) is 0.862. The third-order valence-corrected chi connectivity index (χ3v) is 3.90. The van der Waals surface area contributed by atoms with Gasteiger partial charge in [0.1, 0.15) is 11.9 Å². The first-order chi connectivity index (χ1) is 11.7. The van der Waals surface area contributed by atoms with E-state index in [4.69, 9.17) is 0 Å². The van der Waals surface area contributed by atoms with Crippen molar-refractivity contribution < 1.29 is 4.79 Å². The van der Waals surface area contributed by atoms with Crippen LogP contribution in [-0.2, 0) is 4.79 Å². The number of piperazine rings is 1. The number of nitriles is 1. The van der Waals surface area contributed by atoms with Crippen molar-refractivity contribution in [3.8, 4) is 6.07 Å². The third-order valence-electron chi connectivity index (χ3n) is 3.90. The number of amides is 1. The molecule has 0 saturated carbocycles. The van der Waals surface area contributed by atoms with Gasteiger partial charge in [0.2, 0.25) is 12.4 Å². The second kappa shape index (κ2) is 6.96. The van der Waals surface area contributed by atoms with Crippen LogP contribution in [0.4, 0.5) is 17.5 Å². The zero-order valence-corrected chi connectivity index (χ0v) is 13.4. The van der Waals surface area contributed by atoms with E-state index in [0.29, 0.717) is 43.5 Å². The predicted octanol–water partition coefficient (Wildman–Crippen LogP) is 1.68. The number of hydrogen-bond acceptors (Lipinski definition) is 6. The van der Waals surface area contributed by atoms with Crippen LogP contribution in [-0.4, -0.2) is 47.5 Å². The number of nitrogens with zero attached hydrogens (tertiary/aromatic N) is 5. The van der Waals surface area contributed by atoms with E-state index in [-0.39, 0.29) is 0 Å². The zero-order valence-electron chi connectivity index (χ0n) is 13.4. The van der Waals surface area contributed by atoms with Crippen LogP contribution < -0.4 is 10.2 Å². The molecular weight excluding hydrogens is 304 g/mol. The lowest BCUT2D eigenvalue weighted by molar-refractivity contribution is -0.118. The van der Waals surface area contributed by atoms with Gasteiger partial charge in [0, 0.05) is 37.9 Å². The minimum absolute atomic E-state index is 0.565. The molecule has 0 atom stereocenters. The molecule has 122 valence electrons. The first-order valence-corrected chi connectivity index (χ1v) is 7.76. The van der Waals surface area contributed by atoms with Crippen LogP contribution in [0.25, 0.3) is 0 Å². The van der Waals surface area contributed by atoms with Crippen molar-refractivity contribution in [3.63, 3.8) is 0 Å². The average molecular weight is 322 g/mol. The number of aryl methyl sites for hydroxylation is 1. The zero-order chi connectivity index (χ0) is 16.9. The molecule has 0 bridgehead atoms. The molecule has 1 fully saturated rings. The topological polar surface area (TPSA) is 85.2 Å². The van der Waals surface area contributed by atoms with E-state index in [2.05, 4.69) is 26.3 Å². The van der Waals surface area contributed by atoms with Crippen molar-refractivity contribution in [2.75, 3.05) is 36.4 Å². The van der Waals surface area contributed by atoms with Crippen molar-refractivity contribution in [2.45, 2.75) is 6.92 Å². The number of carbonyl (C=O) groups excluding carboxylic acids is 1. The van der Waals surface area contributed by atoms with Gasteiger partial charge in [-0.05, 0) is 19.1 Å². The van der Waals surface area contributed by atoms with Gasteiger partial charge in [-0.15, -0.1) is 0 Å². The number of aromatic nitrogens is 2. The van der Waals surface area contributed by atoms with E-state index < -0.39 is 0 Å². The van der Waals surface area contributed by atoms with Crippen molar-refractivity contribution in [2.24, 2.45) is 0 Å². The molecule has 2 heterocycles. The van der Waals surface area contributed by atoms with Crippen LogP contribution in [0.15, 0.2) is 30.3 Å². The van der Waals surface area contributed by atoms with E-state index >= 15 is 0 Å². The summed E-state index contributed by atoms with van der Waals surface area (Å²) in [5, 5.41) is 12.4. The first kappa shape index (κ1) is 15.7. The molecule has 1 N–H and O–H groups in total. The molecule has 3 rings (SSSR count). The molecule has 1 saturated heterocycles. The molecule has 0 aliphatic carbocycles. The Morgan fingerprint density at radius 1 is 1.21 bits per heavy atom. The van der Waals surface area contributed by atoms with Crippen molar-refractivity contribution >= 4 is 23.9 Å². The van der Waals surface area contributed by atoms with Crippen LogP contribution in [0.2, 0.25) is 0 Å². The summed E-state index contributed by atoms with van der Waals surface area (Å²) in [6, 6.07) is 11.3. The van der Waals surface area contributed by atoms with Gasteiger partial charge in [-0.2, -0.15) is 10.2 Å². The molecule has 0 unspecified atom stereocenters. The van der Waals surface area contributed by atoms with E-state index in [9.17, 15) is 10.1 Å². The second-order valence-corrected chi connectivity index (χ2v) is 5.61. The number of nitrogens with one attached hydrogen (secondary N) is 1. The highest BCUT2D eigenvalue weighted by atomic mass is 16.1. The highest BCUT2D eigenvalue weighted by Gasteiger charge is 2.18. The predicted molar refractivity (Wildman–Crippen MR) is 91.1 cm³/mol. The van der Waals surface area contributed by atoms with E-state index in [0.717, 1.165) is 17.8 Å². The summed E-state index contributed by atoms with van der Waals surface area (Å²) in [6.45, 7) is 4.66. The summed E-state index contributed by atoms with van der Waals surface area (Å²) in [5.41, 5.74) is 2.12. The fourth-order valence-electron chi connectivity index (χ4n) is 2.61. The van der Waals surface area contributed by atoms with Gasteiger partial charge in [-0.25, -0.2) is 4.98 Å². The molecular formula is C17H18N6O. The summed E-state index contributed by atoms with van der Waals surface area (Å²) in [6.07, 6.45) is 0.875. The number of anilines is 3. The van der Waals surface area contributed by atoms with Crippen LogP contribution in [0, 0.1) is 18.3 Å². The molecule has 1 aromatic carbocycles. The fraction of sp³-hybridized carbons (Fsp3) is 0.294. The molecule has 24 heavy (non-hydrogen) atoms. The lowest BCUT2D eigenvalue weighted by Gasteiger charge is -2.32. The van der Waals surface area contributed by atoms with Crippen LogP contribution in [0.1, 0.15) is 11.3 Å². The maximum Gasteiger partial charge on any atom is 0.227 e. The van der Waals surface area contributed by atoms with Gasteiger partial charge in [-0.3, -0.25) is 4.79 Å². The SMILES string of the molecule is Cc1cc(Nc2ccccc2C#N)nc(N2CCN(C=O)CC2)n1. The maximum absolute atomic E-state index is 10.8. The van der Waals surface area contributed by atoms with Crippen molar-refractivity contribution in [1.29, 1.82) is 5.26 Å². The molecule has 1 aliphatic rings. The van der Waals surface area contributed by atoms with Crippen LogP contribution >= 0.6 is 0 Å². The third kappa shape index (κ3) is 3.43. The van der Waals surface area contributed by atoms with Gasteiger partial charge in [0.25, 0.3) is 0 Å². The van der Waals surface area contributed by atoms with E-state index in [1.807, 2.05) is 31.2 Å². The highest BCUT2D eigenvalue weighted by molar-refractivity contribution is 5.65. The number of carbonyl (C=O) groups is 1. The minimum atomic E-state index is 0.565. The Labute approximate surface area is 140 Å². The van der Waals surface area contributed by atoms with Crippen molar-refractivity contribution in [1.82, 2.24) is 14.9 Å². The second-order valence-electron chi connectivity index (χ2n) is 5.61. The number of hydrogen-bond donors (Lipinski definition) is 1. The Morgan fingerprint density at radius 3 is 2.67 bits per heavy atom. The molecule has 7 nitrogen and oxygen atoms in total. The standard InChI is InChI=1S/C17H18N6O/c1-13-10-16(20-15-5-3-2-4-14(15)11-18)21-17(19-13)23-8-6-22(12-24)7-9-23/h2-5,10,12H,6-9H2,1H3,(H,19,20,21). The monoisotopic (exact) mass is 322 g/mol. The Balaban J connectivity index is 1.82. The molecule has 1 amide bonds. The molecule has 7 heteroatoms. The molecule has 1 aromatic heterocycles. The lowest BCUT2D eigenvalue weighted by Crippen LogP contribution is -2.46. The number of para-hydroxylation sites is 1. The molecule has 1 aliphatic heterocycles. The van der Waals surface area contributed by atoms with Crippen LogP contribution in [0.5, 0.6) is 0 Å². The van der Waals surface area contributed by atoms with E-state index in [1.165, 1.54) is 0 Å². The number of benzene rings is 1. The highest BCUT2D eigenvalue weighted by Crippen LogP contribution is 2.21. The largest absolute Gasteiger partial charge is 0.342 e. The fourth-order valence-corrected chi connectivity index (χ4v) is 2.61. The smallest absolute Gasteiger partial charge is 0.227 e. The Morgan fingerprint density at radius 2 is 1.96 bits per heavy atom. The van der Waals surface area contributed by atoms with Gasteiger partial charge in [0.05, 0.1) is 11.3 Å². The molecule has 0 spiro atoms. The molecule has 0 radical (unpaired) electrons. The minimum Gasteiger partial charge on any atom is -0.342 e. The lowest BCUT2D eigenvalue weighted by atomic mass is 10.2. The molecule has 2 aromatic rings. The average Bonchev–Trinajstić information content (AvgIpc) is 2.62. The summed E-state index contributed by atoms with van der Waals surface area (Å²) in [7, 11) is 0.